The van der Waals surface area contributed by atoms with Gasteiger partial charge in [0.15, 0.2) is 0 Å². The molecule has 126 valence electrons. The Balaban J connectivity index is 1.58. The van der Waals surface area contributed by atoms with E-state index >= 15 is 0 Å². The van der Waals surface area contributed by atoms with Crippen LogP contribution in [0, 0.1) is 19.8 Å². The molecule has 2 aliphatic heterocycles. The molecule has 1 aromatic rings. The highest BCUT2D eigenvalue weighted by Gasteiger charge is 2.28. The van der Waals surface area contributed by atoms with Gasteiger partial charge < -0.3 is 20.1 Å². The third-order valence-corrected chi connectivity index (χ3v) is 5.11. The Labute approximate surface area is 137 Å². The van der Waals surface area contributed by atoms with E-state index in [4.69, 9.17) is 9.47 Å². The second-order valence-electron chi connectivity index (χ2n) is 6.65. The van der Waals surface area contributed by atoms with Crippen LogP contribution < -0.4 is 15.4 Å². The molecule has 0 bridgehead atoms. The van der Waals surface area contributed by atoms with E-state index in [9.17, 15) is 4.79 Å². The molecule has 2 amide bonds. The van der Waals surface area contributed by atoms with Gasteiger partial charge >= 0.3 is 6.03 Å². The Hall–Kier alpha value is -1.75. The predicted octanol–water partition coefficient (Wildman–Crippen LogP) is 2.85. The molecule has 23 heavy (non-hydrogen) atoms. The summed E-state index contributed by atoms with van der Waals surface area (Å²) in [5.74, 6) is 1.42. The van der Waals surface area contributed by atoms with Gasteiger partial charge in [-0.2, -0.15) is 0 Å². The number of carbonyl (C=O) groups excluding carboxylic acids is 1. The van der Waals surface area contributed by atoms with Crippen molar-refractivity contribution in [2.75, 3.05) is 19.8 Å². The summed E-state index contributed by atoms with van der Waals surface area (Å²) in [6, 6.07) is 4.09. The highest BCUT2D eigenvalue weighted by atomic mass is 16.5. The van der Waals surface area contributed by atoms with Crippen molar-refractivity contribution in [2.45, 2.75) is 45.7 Å². The van der Waals surface area contributed by atoms with Crippen molar-refractivity contribution >= 4 is 6.03 Å². The van der Waals surface area contributed by atoms with Crippen LogP contribution in [-0.2, 0) is 4.74 Å². The van der Waals surface area contributed by atoms with E-state index in [0.717, 1.165) is 42.9 Å². The number of hydrogen-bond donors (Lipinski definition) is 2. The number of carbonyl (C=O) groups is 1. The molecule has 5 heteroatoms. The average Bonchev–Trinajstić information content (AvgIpc) is 2.95. The lowest BCUT2D eigenvalue weighted by atomic mass is 9.93. The zero-order valence-electron chi connectivity index (χ0n) is 14.1. The topological polar surface area (TPSA) is 59.6 Å². The van der Waals surface area contributed by atoms with Gasteiger partial charge in [-0.25, -0.2) is 4.79 Å². The number of urea groups is 1. The maximum absolute atomic E-state index is 12.3. The van der Waals surface area contributed by atoms with Crippen LogP contribution in [0.2, 0.25) is 0 Å². The second-order valence-corrected chi connectivity index (χ2v) is 6.65. The number of benzene rings is 1. The number of ether oxygens (including phenoxy) is 2. The van der Waals surface area contributed by atoms with Gasteiger partial charge in [-0.3, -0.25) is 0 Å². The van der Waals surface area contributed by atoms with Gasteiger partial charge in [-0.1, -0.05) is 12.1 Å². The molecule has 3 rings (SSSR count). The Morgan fingerprint density at radius 2 is 2.00 bits per heavy atom. The van der Waals surface area contributed by atoms with Crippen LogP contribution in [0.5, 0.6) is 5.75 Å². The summed E-state index contributed by atoms with van der Waals surface area (Å²) in [7, 11) is 0. The maximum atomic E-state index is 12.3. The van der Waals surface area contributed by atoms with Gasteiger partial charge in [0.05, 0.1) is 6.04 Å². The molecule has 0 saturated carbocycles. The van der Waals surface area contributed by atoms with E-state index in [0.29, 0.717) is 12.5 Å². The minimum atomic E-state index is -0.122. The first-order valence-corrected chi connectivity index (χ1v) is 8.44. The number of fused-ring (bicyclic) bond motifs is 1. The van der Waals surface area contributed by atoms with Crippen molar-refractivity contribution in [3.63, 3.8) is 0 Å². The molecule has 0 aromatic heterocycles. The number of nitrogens with one attached hydrogen (secondary N) is 2. The summed E-state index contributed by atoms with van der Waals surface area (Å²) >= 11 is 0. The summed E-state index contributed by atoms with van der Waals surface area (Å²) < 4.78 is 11.2. The Kier molecular flexibility index (Phi) is 4.76. The van der Waals surface area contributed by atoms with E-state index in [-0.39, 0.29) is 18.1 Å². The van der Waals surface area contributed by atoms with E-state index in [1.165, 1.54) is 5.56 Å². The fraction of sp³-hybridized carbons (Fsp3) is 0.611. The minimum Gasteiger partial charge on any atom is -0.490 e. The van der Waals surface area contributed by atoms with Gasteiger partial charge in [0.1, 0.15) is 12.4 Å². The Bertz CT molecular complexity index is 582. The minimum absolute atomic E-state index is 0.0776. The van der Waals surface area contributed by atoms with Gasteiger partial charge in [-0.15, -0.1) is 0 Å². The summed E-state index contributed by atoms with van der Waals surface area (Å²) in [4.78, 5) is 12.3. The lowest BCUT2D eigenvalue weighted by molar-refractivity contribution is 0.0570. The zero-order chi connectivity index (χ0) is 16.4. The van der Waals surface area contributed by atoms with Crippen molar-refractivity contribution in [3.05, 3.63) is 28.8 Å². The quantitative estimate of drug-likeness (QED) is 0.901. The molecule has 0 unspecified atom stereocenters. The molecule has 2 N–H and O–H groups in total. The molecule has 2 heterocycles. The number of hydrogen-bond acceptors (Lipinski definition) is 3. The van der Waals surface area contributed by atoms with Crippen LogP contribution in [0.15, 0.2) is 12.1 Å². The molecule has 5 nitrogen and oxygen atoms in total. The second kappa shape index (κ2) is 6.79. The fourth-order valence-electron chi connectivity index (χ4n) is 3.39. The molecule has 0 spiro atoms. The molecule has 2 atom stereocenters. The molecule has 1 aromatic carbocycles. The smallest absolute Gasteiger partial charge is 0.315 e. The van der Waals surface area contributed by atoms with Crippen molar-refractivity contribution in [1.82, 2.24) is 10.6 Å². The van der Waals surface area contributed by atoms with E-state index in [1.807, 2.05) is 0 Å². The standard InChI is InChI=1S/C18H26N2O3/c1-11-4-5-15-16(10-23-17(15)12(11)2)20-18(21)19-13(3)14-6-8-22-9-7-14/h4-5,13-14,16H,6-10H2,1-3H3,(H2,19,20,21)/t13-,16-/m0/s1. The van der Waals surface area contributed by atoms with E-state index < -0.39 is 0 Å². The summed E-state index contributed by atoms with van der Waals surface area (Å²) in [5.41, 5.74) is 3.44. The van der Waals surface area contributed by atoms with E-state index in [2.05, 4.69) is 43.5 Å². The zero-order valence-corrected chi connectivity index (χ0v) is 14.1. The SMILES string of the molecule is Cc1ccc2c(c1C)OC[C@@H]2NC(=O)N[C@@H](C)C1CCOCC1. The average molecular weight is 318 g/mol. The molecule has 1 saturated heterocycles. The number of aryl methyl sites for hydroxylation is 1. The largest absolute Gasteiger partial charge is 0.490 e. The van der Waals surface area contributed by atoms with Crippen molar-refractivity contribution < 1.29 is 14.3 Å². The van der Waals surface area contributed by atoms with Crippen molar-refractivity contribution in [3.8, 4) is 5.75 Å². The predicted molar refractivity (Wildman–Crippen MR) is 88.8 cm³/mol. The van der Waals surface area contributed by atoms with Crippen LogP contribution in [0.4, 0.5) is 4.79 Å². The highest BCUT2D eigenvalue weighted by Crippen LogP contribution is 2.36. The third kappa shape index (κ3) is 3.44. The Morgan fingerprint density at radius 1 is 1.26 bits per heavy atom. The molecule has 0 radical (unpaired) electrons. The Morgan fingerprint density at radius 3 is 2.74 bits per heavy atom. The number of rotatable bonds is 3. The number of amides is 2. The van der Waals surface area contributed by atoms with Crippen LogP contribution in [0.25, 0.3) is 0 Å². The molecular weight excluding hydrogens is 292 g/mol. The van der Waals surface area contributed by atoms with Crippen LogP contribution >= 0.6 is 0 Å². The highest BCUT2D eigenvalue weighted by molar-refractivity contribution is 5.75. The molecular formula is C18H26N2O3. The molecule has 2 aliphatic rings. The van der Waals surface area contributed by atoms with E-state index in [1.54, 1.807) is 0 Å². The van der Waals surface area contributed by atoms with Crippen molar-refractivity contribution in [1.29, 1.82) is 0 Å². The van der Waals surface area contributed by atoms with Crippen molar-refractivity contribution in [2.24, 2.45) is 5.92 Å². The summed E-state index contributed by atoms with van der Waals surface area (Å²) in [6.07, 6.45) is 2.02. The van der Waals surface area contributed by atoms with Crippen LogP contribution in [-0.4, -0.2) is 31.9 Å². The summed E-state index contributed by atoms with van der Waals surface area (Å²) in [5, 5.41) is 6.12. The first kappa shape index (κ1) is 16.1. The normalized spacial score (nSPS) is 22.1. The molecule has 1 fully saturated rings. The lowest BCUT2D eigenvalue weighted by Gasteiger charge is -2.28. The maximum Gasteiger partial charge on any atom is 0.315 e. The van der Waals surface area contributed by atoms with Gasteiger partial charge in [-0.05, 0) is 50.7 Å². The lowest BCUT2D eigenvalue weighted by Crippen LogP contribution is -2.46. The molecule has 0 aliphatic carbocycles. The fourth-order valence-corrected chi connectivity index (χ4v) is 3.39. The van der Waals surface area contributed by atoms with Crippen LogP contribution in [0.1, 0.15) is 42.5 Å². The van der Waals surface area contributed by atoms with Crippen LogP contribution in [0.3, 0.4) is 0 Å². The summed E-state index contributed by atoms with van der Waals surface area (Å²) in [6.45, 7) is 8.29. The first-order valence-electron chi connectivity index (χ1n) is 8.44. The third-order valence-electron chi connectivity index (χ3n) is 5.11. The van der Waals surface area contributed by atoms with Gasteiger partial charge in [0, 0.05) is 24.8 Å². The van der Waals surface area contributed by atoms with Gasteiger partial charge in [0.25, 0.3) is 0 Å². The van der Waals surface area contributed by atoms with Gasteiger partial charge in [0.2, 0.25) is 0 Å². The monoisotopic (exact) mass is 318 g/mol. The first-order chi connectivity index (χ1) is 11.1.